The summed E-state index contributed by atoms with van der Waals surface area (Å²) >= 11 is 1.67. The van der Waals surface area contributed by atoms with Crippen LogP contribution >= 0.6 is 11.3 Å². The van der Waals surface area contributed by atoms with Crippen LogP contribution in [0.4, 0.5) is 17.1 Å². The Morgan fingerprint density at radius 1 is 0.912 bits per heavy atom. The Bertz CT molecular complexity index is 1400. The maximum Gasteiger partial charge on any atom is 0.203 e. The van der Waals surface area contributed by atoms with Crippen LogP contribution in [0.15, 0.2) is 58.9 Å². The van der Waals surface area contributed by atoms with Crippen LogP contribution in [-0.2, 0) is 0 Å². The van der Waals surface area contributed by atoms with Gasteiger partial charge in [-0.15, -0.1) is 11.3 Å². The first kappa shape index (κ1) is 21.9. The molecule has 2 N–H and O–H groups in total. The van der Waals surface area contributed by atoms with E-state index in [-0.39, 0.29) is 0 Å². The molecule has 0 saturated carbocycles. The topological polar surface area (TPSA) is 69.3 Å². The van der Waals surface area contributed by atoms with Gasteiger partial charge in [-0.05, 0) is 17.0 Å². The monoisotopic (exact) mass is 471 g/mol. The second-order valence-corrected chi connectivity index (χ2v) is 8.70. The van der Waals surface area contributed by atoms with E-state index in [1.807, 2.05) is 36.5 Å². The molecule has 0 saturated heterocycles. The average molecular weight is 472 g/mol. The van der Waals surface area contributed by atoms with Crippen molar-refractivity contribution in [3.8, 4) is 17.2 Å². The lowest BCUT2D eigenvalue weighted by Crippen LogP contribution is -2.21. The molecule has 0 unspecified atom stereocenters. The van der Waals surface area contributed by atoms with E-state index < -0.39 is 0 Å². The molecule has 0 fully saturated rings. The highest BCUT2D eigenvalue weighted by Gasteiger charge is 2.24. The number of ether oxygens (including phenoxy) is 3. The Balaban J connectivity index is 1.58. The Morgan fingerprint density at radius 2 is 1.62 bits per heavy atom. The zero-order chi connectivity index (χ0) is 23.7. The molecule has 34 heavy (non-hydrogen) atoms. The molecule has 5 rings (SSSR count). The van der Waals surface area contributed by atoms with E-state index in [0.717, 1.165) is 43.8 Å². The molecular formula is C27H25N3O3S. The fourth-order valence-electron chi connectivity index (χ4n) is 4.26. The first-order valence-electron chi connectivity index (χ1n) is 10.8. The summed E-state index contributed by atoms with van der Waals surface area (Å²) in [5, 5.41) is 4.34. The summed E-state index contributed by atoms with van der Waals surface area (Å²) in [6, 6.07) is 16.1. The third-order valence-electron chi connectivity index (χ3n) is 5.92. The number of hydrogen-bond donors (Lipinski definition) is 1. The van der Waals surface area contributed by atoms with Crippen LogP contribution < -0.4 is 24.8 Å². The Kier molecular flexibility index (Phi) is 5.86. The first-order chi connectivity index (χ1) is 16.6. The maximum absolute atomic E-state index is 6.18. The van der Waals surface area contributed by atoms with Gasteiger partial charge in [0.15, 0.2) is 11.5 Å². The van der Waals surface area contributed by atoms with E-state index in [2.05, 4.69) is 45.6 Å². The molecular weight excluding hydrogens is 446 g/mol. The molecule has 0 amide bonds. The highest BCUT2D eigenvalue weighted by atomic mass is 32.1. The minimum Gasteiger partial charge on any atom is -0.493 e. The Hall–Kier alpha value is -3.97. The third-order valence-corrected chi connectivity index (χ3v) is 6.84. The fraction of sp³-hybridized carbons (Fsp3) is 0.148. The lowest BCUT2D eigenvalue weighted by Gasteiger charge is -2.27. The molecule has 7 heteroatoms. The molecule has 0 spiro atoms. The lowest BCUT2D eigenvalue weighted by atomic mass is 10.0. The van der Waals surface area contributed by atoms with Gasteiger partial charge in [-0.1, -0.05) is 42.5 Å². The van der Waals surface area contributed by atoms with Gasteiger partial charge in [0.25, 0.3) is 0 Å². The van der Waals surface area contributed by atoms with Crippen molar-refractivity contribution in [2.45, 2.75) is 0 Å². The van der Waals surface area contributed by atoms with Gasteiger partial charge in [-0.2, -0.15) is 0 Å². The SMILES string of the molecule is COc1cc(N2CN=Cc3scc(/C=C/c4ccc(N)c5ccccc45)c32)cc(OC)c1OC. The summed E-state index contributed by atoms with van der Waals surface area (Å²) < 4.78 is 16.6. The number of hydrogen-bond acceptors (Lipinski definition) is 7. The molecule has 0 atom stereocenters. The standard InChI is InChI=1S/C27H25N3O3S/c1-31-23-12-19(13-24(32-2)27(23)33-3)30-16-29-14-25-26(30)18(15-34-25)9-8-17-10-11-22(28)21-7-5-4-6-20(17)21/h4-15H,16,28H2,1-3H3/b9-8+. The van der Waals surface area contributed by atoms with Crippen LogP contribution in [0.1, 0.15) is 16.0 Å². The van der Waals surface area contributed by atoms with E-state index >= 15 is 0 Å². The van der Waals surface area contributed by atoms with Crippen molar-refractivity contribution in [2.24, 2.45) is 4.99 Å². The van der Waals surface area contributed by atoms with Crippen LogP contribution in [-0.4, -0.2) is 34.2 Å². The molecule has 1 aromatic heterocycles. The van der Waals surface area contributed by atoms with Gasteiger partial charge in [0.05, 0.1) is 37.6 Å². The van der Waals surface area contributed by atoms with Gasteiger partial charge in [0.2, 0.25) is 5.75 Å². The van der Waals surface area contributed by atoms with Gasteiger partial charge in [0.1, 0.15) is 6.67 Å². The van der Waals surface area contributed by atoms with E-state index in [4.69, 9.17) is 19.9 Å². The number of nitrogen functional groups attached to an aromatic ring is 1. The van der Waals surface area contributed by atoms with Crippen molar-refractivity contribution in [1.29, 1.82) is 0 Å². The van der Waals surface area contributed by atoms with Crippen molar-refractivity contribution in [1.82, 2.24) is 0 Å². The number of anilines is 3. The molecule has 6 nitrogen and oxygen atoms in total. The minimum absolute atomic E-state index is 0.494. The summed E-state index contributed by atoms with van der Waals surface area (Å²) in [5.74, 6) is 1.78. The molecule has 1 aliphatic heterocycles. The van der Waals surface area contributed by atoms with Crippen LogP contribution in [0, 0.1) is 0 Å². The van der Waals surface area contributed by atoms with Gasteiger partial charge in [-0.25, -0.2) is 0 Å². The third kappa shape index (κ3) is 3.74. The zero-order valence-corrected chi connectivity index (χ0v) is 20.1. The summed E-state index contributed by atoms with van der Waals surface area (Å²) in [6.45, 7) is 0.494. The summed E-state index contributed by atoms with van der Waals surface area (Å²) in [6.07, 6.45) is 6.23. The first-order valence-corrected chi connectivity index (χ1v) is 11.7. The molecule has 0 aliphatic carbocycles. The lowest BCUT2D eigenvalue weighted by molar-refractivity contribution is 0.324. The number of methoxy groups -OCH3 is 3. The molecule has 1 aliphatic rings. The number of benzene rings is 3. The Morgan fingerprint density at radius 3 is 2.32 bits per heavy atom. The molecule has 172 valence electrons. The second-order valence-electron chi connectivity index (χ2n) is 7.79. The van der Waals surface area contributed by atoms with Gasteiger partial charge in [-0.3, -0.25) is 4.99 Å². The zero-order valence-electron chi connectivity index (χ0n) is 19.2. The van der Waals surface area contributed by atoms with Gasteiger partial charge < -0.3 is 24.8 Å². The van der Waals surface area contributed by atoms with Crippen molar-refractivity contribution in [2.75, 3.05) is 38.6 Å². The van der Waals surface area contributed by atoms with Crippen LogP contribution in [0.2, 0.25) is 0 Å². The molecule has 0 bridgehead atoms. The number of fused-ring (bicyclic) bond motifs is 2. The van der Waals surface area contributed by atoms with E-state index in [9.17, 15) is 0 Å². The molecule has 4 aromatic rings. The predicted octanol–water partition coefficient (Wildman–Crippen LogP) is 6.21. The number of thiophene rings is 1. The van der Waals surface area contributed by atoms with Crippen LogP contribution in [0.25, 0.3) is 22.9 Å². The number of aliphatic imine (C=N–C) groups is 1. The van der Waals surface area contributed by atoms with Gasteiger partial charge in [0, 0.05) is 40.4 Å². The smallest absolute Gasteiger partial charge is 0.203 e. The summed E-state index contributed by atoms with van der Waals surface area (Å²) in [4.78, 5) is 7.84. The van der Waals surface area contributed by atoms with Crippen LogP contribution in [0.5, 0.6) is 17.2 Å². The van der Waals surface area contributed by atoms with Crippen molar-refractivity contribution in [3.05, 3.63) is 69.9 Å². The number of nitrogens with zero attached hydrogens (tertiary/aromatic N) is 2. The number of rotatable bonds is 6. The van der Waals surface area contributed by atoms with Gasteiger partial charge >= 0.3 is 0 Å². The molecule has 3 aromatic carbocycles. The Labute approximate surface area is 202 Å². The highest BCUT2D eigenvalue weighted by molar-refractivity contribution is 7.12. The normalized spacial score (nSPS) is 12.9. The van der Waals surface area contributed by atoms with E-state index in [1.54, 1.807) is 32.7 Å². The predicted molar refractivity (Wildman–Crippen MR) is 142 cm³/mol. The minimum atomic E-state index is 0.494. The second kappa shape index (κ2) is 9.11. The summed E-state index contributed by atoms with van der Waals surface area (Å²) in [7, 11) is 4.85. The average Bonchev–Trinajstić information content (AvgIpc) is 3.31. The highest BCUT2D eigenvalue weighted by Crippen LogP contribution is 2.45. The quantitative estimate of drug-likeness (QED) is 0.339. The summed E-state index contributed by atoms with van der Waals surface area (Å²) in [5.41, 5.74) is 11.2. The molecule has 0 radical (unpaired) electrons. The van der Waals surface area contributed by atoms with E-state index in [0.29, 0.717) is 23.9 Å². The fourth-order valence-corrected chi connectivity index (χ4v) is 5.18. The van der Waals surface area contributed by atoms with Crippen molar-refractivity contribution in [3.63, 3.8) is 0 Å². The van der Waals surface area contributed by atoms with Crippen molar-refractivity contribution < 1.29 is 14.2 Å². The number of nitrogens with two attached hydrogens (primary N) is 1. The van der Waals surface area contributed by atoms with Crippen molar-refractivity contribution >= 4 is 57.5 Å². The van der Waals surface area contributed by atoms with E-state index in [1.165, 1.54) is 0 Å². The van der Waals surface area contributed by atoms with Crippen LogP contribution in [0.3, 0.4) is 0 Å². The molecule has 2 heterocycles. The largest absolute Gasteiger partial charge is 0.493 e. The maximum atomic E-state index is 6.18.